The Labute approximate surface area is 101 Å². The molecule has 0 bridgehead atoms. The van der Waals surface area contributed by atoms with Gasteiger partial charge in [-0.15, -0.1) is 0 Å². The molecular formula is C14H28N2. The van der Waals surface area contributed by atoms with Crippen LogP contribution >= 0.6 is 0 Å². The molecule has 2 nitrogen and oxygen atoms in total. The van der Waals surface area contributed by atoms with Gasteiger partial charge in [-0.2, -0.15) is 0 Å². The van der Waals surface area contributed by atoms with E-state index in [1.165, 1.54) is 64.6 Å². The van der Waals surface area contributed by atoms with Crippen molar-refractivity contribution in [2.45, 2.75) is 70.4 Å². The molecule has 94 valence electrons. The van der Waals surface area contributed by atoms with Gasteiger partial charge in [0, 0.05) is 18.1 Å². The summed E-state index contributed by atoms with van der Waals surface area (Å²) in [6.07, 6.45) is 9.76. The van der Waals surface area contributed by atoms with Crippen LogP contribution in [-0.2, 0) is 0 Å². The van der Waals surface area contributed by atoms with Gasteiger partial charge in [0.15, 0.2) is 0 Å². The molecule has 0 aromatic carbocycles. The quantitative estimate of drug-likeness (QED) is 0.790. The Bertz CT molecular complexity index is 207. The van der Waals surface area contributed by atoms with Gasteiger partial charge in [0.2, 0.25) is 0 Å². The Kier molecular flexibility index (Phi) is 4.26. The fourth-order valence-electron chi connectivity index (χ4n) is 3.47. The van der Waals surface area contributed by atoms with Crippen LogP contribution in [0.3, 0.4) is 0 Å². The largest absolute Gasteiger partial charge is 0.310 e. The summed E-state index contributed by atoms with van der Waals surface area (Å²) in [5, 5.41) is 3.70. The Morgan fingerprint density at radius 3 is 2.88 bits per heavy atom. The summed E-state index contributed by atoms with van der Waals surface area (Å²) < 4.78 is 0. The predicted molar refractivity (Wildman–Crippen MR) is 69.8 cm³/mol. The minimum Gasteiger partial charge on any atom is -0.310 e. The average molecular weight is 224 g/mol. The molecule has 0 spiro atoms. The van der Waals surface area contributed by atoms with Gasteiger partial charge in [-0.25, -0.2) is 0 Å². The third kappa shape index (κ3) is 2.98. The van der Waals surface area contributed by atoms with Crippen molar-refractivity contribution < 1.29 is 0 Å². The maximum absolute atomic E-state index is 3.70. The van der Waals surface area contributed by atoms with E-state index in [9.17, 15) is 0 Å². The maximum Gasteiger partial charge on any atom is 0.0281 e. The molecule has 0 radical (unpaired) electrons. The fraction of sp³-hybridized carbons (Fsp3) is 1.00. The summed E-state index contributed by atoms with van der Waals surface area (Å²) in [6, 6.07) is 0.873. The molecule has 0 amide bonds. The second kappa shape index (κ2) is 5.50. The summed E-state index contributed by atoms with van der Waals surface area (Å²) in [4.78, 5) is 2.77. The monoisotopic (exact) mass is 224 g/mol. The molecule has 16 heavy (non-hydrogen) atoms. The van der Waals surface area contributed by atoms with Crippen molar-refractivity contribution in [1.29, 1.82) is 0 Å². The van der Waals surface area contributed by atoms with Gasteiger partial charge in [-0.3, -0.25) is 4.90 Å². The minimum atomic E-state index is 0.406. The van der Waals surface area contributed by atoms with E-state index in [0.717, 1.165) is 6.04 Å². The lowest BCUT2D eigenvalue weighted by Crippen LogP contribution is -2.52. The van der Waals surface area contributed by atoms with Crippen LogP contribution in [0.4, 0.5) is 0 Å². The van der Waals surface area contributed by atoms with Crippen molar-refractivity contribution >= 4 is 0 Å². The van der Waals surface area contributed by atoms with E-state index >= 15 is 0 Å². The standard InChI is InChI=1S/C14H28N2/c1-3-7-13-8-4-5-11-16(13)12-14(2)9-6-10-15-14/h13,15H,3-12H2,1-2H3. The van der Waals surface area contributed by atoms with Crippen LogP contribution in [0.2, 0.25) is 0 Å². The molecule has 2 aliphatic heterocycles. The number of nitrogens with zero attached hydrogens (tertiary/aromatic N) is 1. The van der Waals surface area contributed by atoms with E-state index in [0.29, 0.717) is 5.54 Å². The van der Waals surface area contributed by atoms with E-state index in [1.54, 1.807) is 0 Å². The molecule has 2 rings (SSSR count). The highest BCUT2D eigenvalue weighted by atomic mass is 15.2. The van der Waals surface area contributed by atoms with E-state index in [2.05, 4.69) is 24.1 Å². The van der Waals surface area contributed by atoms with Gasteiger partial charge < -0.3 is 5.32 Å². The summed E-state index contributed by atoms with van der Waals surface area (Å²) in [5.41, 5.74) is 0.406. The van der Waals surface area contributed by atoms with Gasteiger partial charge in [-0.05, 0) is 52.1 Å². The summed E-state index contributed by atoms with van der Waals surface area (Å²) in [7, 11) is 0. The molecule has 2 fully saturated rings. The van der Waals surface area contributed by atoms with Crippen LogP contribution in [0.1, 0.15) is 58.8 Å². The van der Waals surface area contributed by atoms with E-state index < -0.39 is 0 Å². The Balaban J connectivity index is 1.89. The van der Waals surface area contributed by atoms with Crippen molar-refractivity contribution in [1.82, 2.24) is 10.2 Å². The molecule has 2 saturated heterocycles. The molecule has 2 unspecified atom stereocenters. The highest BCUT2D eigenvalue weighted by Gasteiger charge is 2.33. The molecule has 2 aliphatic rings. The molecule has 0 saturated carbocycles. The lowest BCUT2D eigenvalue weighted by molar-refractivity contribution is 0.105. The first kappa shape index (κ1) is 12.4. The van der Waals surface area contributed by atoms with Gasteiger partial charge in [0.25, 0.3) is 0 Å². The van der Waals surface area contributed by atoms with Gasteiger partial charge in [0.1, 0.15) is 0 Å². The van der Waals surface area contributed by atoms with Crippen LogP contribution < -0.4 is 5.32 Å². The van der Waals surface area contributed by atoms with E-state index in [-0.39, 0.29) is 0 Å². The first-order valence-corrected chi connectivity index (χ1v) is 7.22. The van der Waals surface area contributed by atoms with E-state index in [4.69, 9.17) is 0 Å². The smallest absolute Gasteiger partial charge is 0.0281 e. The molecular weight excluding hydrogens is 196 g/mol. The second-order valence-corrected chi connectivity index (χ2v) is 6.00. The van der Waals surface area contributed by atoms with Crippen LogP contribution in [0, 0.1) is 0 Å². The summed E-state index contributed by atoms with van der Waals surface area (Å²) in [6.45, 7) is 8.57. The summed E-state index contributed by atoms with van der Waals surface area (Å²) >= 11 is 0. The van der Waals surface area contributed by atoms with Crippen LogP contribution in [-0.4, -0.2) is 36.1 Å². The molecule has 0 aromatic rings. The van der Waals surface area contributed by atoms with Gasteiger partial charge >= 0.3 is 0 Å². The van der Waals surface area contributed by atoms with Crippen molar-refractivity contribution in [2.24, 2.45) is 0 Å². The lowest BCUT2D eigenvalue weighted by atomic mass is 9.93. The number of hydrogen-bond donors (Lipinski definition) is 1. The third-order valence-electron chi connectivity index (χ3n) is 4.38. The zero-order chi connectivity index (χ0) is 11.4. The number of piperidine rings is 1. The molecule has 2 heteroatoms. The zero-order valence-electron chi connectivity index (χ0n) is 11.1. The maximum atomic E-state index is 3.70. The number of likely N-dealkylation sites (tertiary alicyclic amines) is 1. The Morgan fingerprint density at radius 2 is 2.19 bits per heavy atom. The van der Waals surface area contributed by atoms with Crippen molar-refractivity contribution in [3.63, 3.8) is 0 Å². The van der Waals surface area contributed by atoms with Crippen molar-refractivity contribution in [3.8, 4) is 0 Å². The number of rotatable bonds is 4. The average Bonchev–Trinajstić information content (AvgIpc) is 2.68. The third-order valence-corrected chi connectivity index (χ3v) is 4.38. The minimum absolute atomic E-state index is 0.406. The zero-order valence-corrected chi connectivity index (χ0v) is 11.1. The van der Waals surface area contributed by atoms with Gasteiger partial charge in [0.05, 0.1) is 0 Å². The highest BCUT2D eigenvalue weighted by Crippen LogP contribution is 2.26. The Morgan fingerprint density at radius 1 is 1.31 bits per heavy atom. The number of hydrogen-bond acceptors (Lipinski definition) is 2. The van der Waals surface area contributed by atoms with E-state index in [1.807, 2.05) is 0 Å². The van der Waals surface area contributed by atoms with Crippen molar-refractivity contribution in [3.05, 3.63) is 0 Å². The predicted octanol–water partition coefficient (Wildman–Crippen LogP) is 2.78. The molecule has 0 aromatic heterocycles. The first-order chi connectivity index (χ1) is 7.73. The topological polar surface area (TPSA) is 15.3 Å². The fourth-order valence-corrected chi connectivity index (χ4v) is 3.47. The van der Waals surface area contributed by atoms with Crippen molar-refractivity contribution in [2.75, 3.05) is 19.6 Å². The summed E-state index contributed by atoms with van der Waals surface area (Å²) in [5.74, 6) is 0. The highest BCUT2D eigenvalue weighted by molar-refractivity contribution is 4.93. The number of nitrogens with one attached hydrogen (secondary N) is 1. The normalized spacial score (nSPS) is 36.8. The SMILES string of the molecule is CCCC1CCCCN1CC1(C)CCCN1. The molecule has 2 heterocycles. The second-order valence-electron chi connectivity index (χ2n) is 6.00. The van der Waals surface area contributed by atoms with Crippen LogP contribution in [0.25, 0.3) is 0 Å². The van der Waals surface area contributed by atoms with Gasteiger partial charge in [-0.1, -0.05) is 19.8 Å². The van der Waals surface area contributed by atoms with Crippen LogP contribution in [0.15, 0.2) is 0 Å². The molecule has 0 aliphatic carbocycles. The first-order valence-electron chi connectivity index (χ1n) is 7.22. The van der Waals surface area contributed by atoms with Crippen LogP contribution in [0.5, 0.6) is 0 Å². The lowest BCUT2D eigenvalue weighted by Gasteiger charge is -2.40. The molecule has 1 N–H and O–H groups in total. The molecule has 2 atom stereocenters. The Hall–Kier alpha value is -0.0800.